The molecule has 1 N–H and O–H groups in total. The third-order valence-electron chi connectivity index (χ3n) is 1.34. The minimum Gasteiger partial charge on any atom is -0.506 e. The molecule has 13 heavy (non-hydrogen) atoms. The zero-order chi connectivity index (χ0) is 10.2. The Balaban J connectivity index is 3.29. The summed E-state index contributed by atoms with van der Waals surface area (Å²) in [6.07, 6.45) is -4.54. The van der Waals surface area contributed by atoms with Crippen LogP contribution in [-0.2, 0) is 6.18 Å². The fraction of sp³-hybridized carbons (Fsp3) is 0.143. The number of aromatic hydroxyl groups is 1. The van der Waals surface area contributed by atoms with Crippen LogP contribution in [0.25, 0.3) is 0 Å². The van der Waals surface area contributed by atoms with Gasteiger partial charge in [0.05, 0.1) is 10.6 Å². The summed E-state index contributed by atoms with van der Waals surface area (Å²) in [7, 11) is 0. The number of hydrogen-bond donors (Lipinski definition) is 1. The molecule has 0 aromatic heterocycles. The highest BCUT2D eigenvalue weighted by atomic mass is 35.5. The number of halogens is 5. The van der Waals surface area contributed by atoms with Gasteiger partial charge in [-0.1, -0.05) is 23.2 Å². The van der Waals surface area contributed by atoms with Crippen molar-refractivity contribution in [3.63, 3.8) is 0 Å². The molecule has 0 aliphatic carbocycles. The Hall–Kier alpha value is -0.610. The van der Waals surface area contributed by atoms with Crippen LogP contribution in [0.5, 0.6) is 5.75 Å². The average molecular weight is 231 g/mol. The molecule has 72 valence electrons. The van der Waals surface area contributed by atoms with E-state index in [4.69, 9.17) is 28.3 Å². The van der Waals surface area contributed by atoms with E-state index in [1.807, 2.05) is 0 Å². The standard InChI is InChI=1S/C7H3Cl2F3O/c8-4-1-3(7(10,11)12)2-5(13)6(4)9/h1-2,13H. The monoisotopic (exact) mass is 230 g/mol. The van der Waals surface area contributed by atoms with Gasteiger partial charge in [-0.15, -0.1) is 0 Å². The maximum Gasteiger partial charge on any atom is 0.416 e. The number of phenols is 1. The molecule has 0 aliphatic rings. The van der Waals surface area contributed by atoms with Gasteiger partial charge in [-0.3, -0.25) is 0 Å². The van der Waals surface area contributed by atoms with E-state index >= 15 is 0 Å². The van der Waals surface area contributed by atoms with Gasteiger partial charge in [0.1, 0.15) is 10.8 Å². The fourth-order valence-corrected chi connectivity index (χ4v) is 1.06. The highest BCUT2D eigenvalue weighted by Crippen LogP contribution is 2.38. The summed E-state index contributed by atoms with van der Waals surface area (Å²) >= 11 is 10.7. The van der Waals surface area contributed by atoms with Crippen LogP contribution in [0, 0.1) is 0 Å². The minimum atomic E-state index is -4.54. The van der Waals surface area contributed by atoms with E-state index in [9.17, 15) is 13.2 Å². The second-order valence-corrected chi connectivity index (χ2v) is 3.07. The molecular weight excluding hydrogens is 228 g/mol. The highest BCUT2D eigenvalue weighted by molar-refractivity contribution is 6.42. The van der Waals surface area contributed by atoms with Crippen LogP contribution in [0.15, 0.2) is 12.1 Å². The zero-order valence-corrected chi connectivity index (χ0v) is 7.50. The Morgan fingerprint density at radius 2 is 1.69 bits per heavy atom. The van der Waals surface area contributed by atoms with Crippen molar-refractivity contribution < 1.29 is 18.3 Å². The molecule has 0 fully saturated rings. The van der Waals surface area contributed by atoms with Crippen molar-refractivity contribution in [3.8, 4) is 5.75 Å². The molecule has 0 amide bonds. The van der Waals surface area contributed by atoms with E-state index in [0.717, 1.165) is 0 Å². The predicted molar refractivity (Wildman–Crippen MR) is 43.1 cm³/mol. The molecule has 1 rings (SSSR count). The first kappa shape index (κ1) is 10.5. The van der Waals surface area contributed by atoms with Crippen LogP contribution >= 0.6 is 23.2 Å². The number of hydrogen-bond acceptors (Lipinski definition) is 1. The van der Waals surface area contributed by atoms with Gasteiger partial charge in [0.2, 0.25) is 0 Å². The smallest absolute Gasteiger partial charge is 0.416 e. The van der Waals surface area contributed by atoms with Gasteiger partial charge in [-0.2, -0.15) is 13.2 Å². The van der Waals surface area contributed by atoms with Crippen LogP contribution < -0.4 is 0 Å². The number of benzene rings is 1. The number of alkyl halides is 3. The first-order valence-corrected chi connectivity index (χ1v) is 3.83. The summed E-state index contributed by atoms with van der Waals surface area (Å²) in [5.41, 5.74) is -1.03. The fourth-order valence-electron chi connectivity index (χ4n) is 0.738. The van der Waals surface area contributed by atoms with Crippen LogP contribution in [0.2, 0.25) is 10.0 Å². The minimum absolute atomic E-state index is 0.283. The summed E-state index contributed by atoms with van der Waals surface area (Å²) in [5.74, 6) is -0.679. The third-order valence-corrected chi connectivity index (χ3v) is 2.13. The molecule has 1 nitrogen and oxygen atoms in total. The maximum absolute atomic E-state index is 12.1. The van der Waals surface area contributed by atoms with Crippen LogP contribution in [-0.4, -0.2) is 5.11 Å². The first-order valence-electron chi connectivity index (χ1n) is 3.07. The molecule has 1 aromatic rings. The van der Waals surface area contributed by atoms with E-state index in [0.29, 0.717) is 12.1 Å². The van der Waals surface area contributed by atoms with Crippen molar-refractivity contribution >= 4 is 23.2 Å². The van der Waals surface area contributed by atoms with Crippen molar-refractivity contribution in [2.45, 2.75) is 6.18 Å². The van der Waals surface area contributed by atoms with E-state index in [2.05, 4.69) is 0 Å². The largest absolute Gasteiger partial charge is 0.506 e. The van der Waals surface area contributed by atoms with Crippen molar-refractivity contribution in [2.24, 2.45) is 0 Å². The molecule has 0 aliphatic heterocycles. The quantitative estimate of drug-likeness (QED) is 0.721. The van der Waals surface area contributed by atoms with E-state index in [-0.39, 0.29) is 10.0 Å². The summed E-state index contributed by atoms with van der Waals surface area (Å²) in [6.45, 7) is 0. The summed E-state index contributed by atoms with van der Waals surface area (Å²) < 4.78 is 36.2. The van der Waals surface area contributed by atoms with Gasteiger partial charge >= 0.3 is 6.18 Å². The Morgan fingerprint density at radius 1 is 1.15 bits per heavy atom. The molecule has 0 radical (unpaired) electrons. The summed E-state index contributed by atoms with van der Waals surface area (Å²) in [5, 5.41) is 8.32. The Bertz CT molecular complexity index is 312. The molecule has 0 saturated heterocycles. The van der Waals surface area contributed by atoms with Gasteiger partial charge in [0, 0.05) is 0 Å². The molecule has 6 heteroatoms. The molecule has 0 unspecified atom stereocenters. The SMILES string of the molecule is Oc1cc(C(F)(F)F)cc(Cl)c1Cl. The van der Waals surface area contributed by atoms with Crippen LogP contribution in [0.3, 0.4) is 0 Å². The highest BCUT2D eigenvalue weighted by Gasteiger charge is 2.31. The number of phenolic OH excluding ortho intramolecular Hbond substituents is 1. The van der Waals surface area contributed by atoms with E-state index in [1.54, 1.807) is 0 Å². The van der Waals surface area contributed by atoms with Crippen molar-refractivity contribution in [1.82, 2.24) is 0 Å². The predicted octanol–water partition coefficient (Wildman–Crippen LogP) is 3.72. The first-order chi connectivity index (χ1) is 5.82. The average Bonchev–Trinajstić information content (AvgIpc) is 1.97. The van der Waals surface area contributed by atoms with Crippen molar-refractivity contribution in [1.29, 1.82) is 0 Å². The van der Waals surface area contributed by atoms with Gasteiger partial charge < -0.3 is 5.11 Å². The number of rotatable bonds is 0. The molecule has 0 saturated carbocycles. The molecule has 0 atom stereocenters. The zero-order valence-electron chi connectivity index (χ0n) is 5.99. The lowest BCUT2D eigenvalue weighted by atomic mass is 10.2. The lowest BCUT2D eigenvalue weighted by Gasteiger charge is -2.08. The summed E-state index contributed by atoms with van der Waals surface area (Å²) in [6, 6.07) is 1.18. The lowest BCUT2D eigenvalue weighted by molar-refractivity contribution is -0.137. The van der Waals surface area contributed by atoms with Gasteiger partial charge in [-0.25, -0.2) is 0 Å². The van der Waals surface area contributed by atoms with Crippen molar-refractivity contribution in [2.75, 3.05) is 0 Å². The summed E-state index contributed by atoms with van der Waals surface area (Å²) in [4.78, 5) is 0. The van der Waals surface area contributed by atoms with Crippen molar-refractivity contribution in [3.05, 3.63) is 27.7 Å². The maximum atomic E-state index is 12.1. The topological polar surface area (TPSA) is 20.2 Å². The third kappa shape index (κ3) is 2.19. The Morgan fingerprint density at radius 3 is 2.08 bits per heavy atom. The lowest BCUT2D eigenvalue weighted by Crippen LogP contribution is -2.04. The second kappa shape index (κ2) is 3.27. The Labute approximate surface area is 81.7 Å². The molecule has 0 heterocycles. The van der Waals surface area contributed by atoms with Gasteiger partial charge in [0.25, 0.3) is 0 Å². The van der Waals surface area contributed by atoms with Crippen LogP contribution in [0.1, 0.15) is 5.56 Å². The molecule has 0 spiro atoms. The van der Waals surface area contributed by atoms with Gasteiger partial charge in [-0.05, 0) is 12.1 Å². The molecule has 0 bridgehead atoms. The second-order valence-electron chi connectivity index (χ2n) is 2.29. The Kier molecular flexibility index (Phi) is 2.63. The van der Waals surface area contributed by atoms with Gasteiger partial charge in [0.15, 0.2) is 0 Å². The van der Waals surface area contributed by atoms with E-state index < -0.39 is 17.5 Å². The normalized spacial score (nSPS) is 11.8. The van der Waals surface area contributed by atoms with Crippen LogP contribution in [0.4, 0.5) is 13.2 Å². The molecule has 1 aromatic carbocycles. The molecular formula is C7H3Cl2F3O. The van der Waals surface area contributed by atoms with E-state index in [1.165, 1.54) is 0 Å².